The van der Waals surface area contributed by atoms with E-state index in [0.717, 1.165) is 42.9 Å². The third-order valence-electron chi connectivity index (χ3n) is 4.94. The van der Waals surface area contributed by atoms with E-state index in [4.69, 9.17) is 9.47 Å². The Morgan fingerprint density at radius 3 is 2.86 bits per heavy atom. The maximum Gasteiger partial charge on any atom is 0.163 e. The lowest BCUT2D eigenvalue weighted by molar-refractivity contribution is 0.188. The molecule has 0 aliphatic carbocycles. The highest BCUT2D eigenvalue weighted by atomic mass is 16.5. The Kier molecular flexibility index (Phi) is 3.63. The molecule has 1 N–H and O–H groups in total. The number of ether oxygens (including phenoxy) is 2. The summed E-state index contributed by atoms with van der Waals surface area (Å²) in [5.41, 5.74) is 1.16. The zero-order valence-electron chi connectivity index (χ0n) is 12.5. The van der Waals surface area contributed by atoms with Gasteiger partial charge in [-0.3, -0.25) is 0 Å². The monoisotopic (exact) mass is 288 g/mol. The molecule has 3 aliphatic rings. The van der Waals surface area contributed by atoms with Crippen molar-refractivity contribution in [3.8, 4) is 11.5 Å². The summed E-state index contributed by atoms with van der Waals surface area (Å²) in [7, 11) is 0. The number of benzene rings is 1. The van der Waals surface area contributed by atoms with Crippen LogP contribution in [-0.2, 0) is 0 Å². The quantitative estimate of drug-likeness (QED) is 0.907. The van der Waals surface area contributed by atoms with Crippen LogP contribution in [-0.4, -0.2) is 43.3 Å². The molecular formula is C17H24N2O2. The Morgan fingerprint density at radius 1 is 1.00 bits per heavy atom. The number of hydrogen-bond acceptors (Lipinski definition) is 4. The van der Waals surface area contributed by atoms with Crippen molar-refractivity contribution in [2.45, 2.75) is 44.2 Å². The van der Waals surface area contributed by atoms with Crippen molar-refractivity contribution < 1.29 is 9.47 Å². The largest absolute Gasteiger partial charge is 0.490 e. The minimum Gasteiger partial charge on any atom is -0.490 e. The van der Waals surface area contributed by atoms with Gasteiger partial charge < -0.3 is 19.7 Å². The van der Waals surface area contributed by atoms with E-state index < -0.39 is 0 Å². The summed E-state index contributed by atoms with van der Waals surface area (Å²) in [6.07, 6.45) is 6.22. The molecule has 21 heavy (non-hydrogen) atoms. The normalized spacial score (nSPS) is 28.8. The van der Waals surface area contributed by atoms with Crippen molar-refractivity contribution in [1.82, 2.24) is 4.90 Å². The van der Waals surface area contributed by atoms with Crippen LogP contribution in [0.5, 0.6) is 11.5 Å². The Labute approximate surface area is 126 Å². The Hall–Kier alpha value is -1.42. The molecular weight excluding hydrogens is 264 g/mol. The second-order valence-corrected chi connectivity index (χ2v) is 6.41. The standard InChI is InChI=1S/C17H24N2O2/c1-3-15-11-14(6-8-19(15)7-1)18-13-4-5-16-17(12-13)21-10-2-9-20-16/h4-5,12,14-15,18H,1-3,6-11H2. The van der Waals surface area contributed by atoms with E-state index in [1.54, 1.807) is 0 Å². The molecule has 1 aromatic rings. The first-order chi connectivity index (χ1) is 10.4. The molecule has 0 amide bonds. The molecule has 114 valence electrons. The lowest BCUT2D eigenvalue weighted by Crippen LogP contribution is -2.42. The van der Waals surface area contributed by atoms with Crippen molar-refractivity contribution >= 4 is 5.69 Å². The van der Waals surface area contributed by atoms with Crippen molar-refractivity contribution in [1.29, 1.82) is 0 Å². The Balaban J connectivity index is 1.43. The van der Waals surface area contributed by atoms with Crippen molar-refractivity contribution in [2.75, 3.05) is 31.6 Å². The summed E-state index contributed by atoms with van der Waals surface area (Å²) in [5.74, 6) is 1.76. The third kappa shape index (κ3) is 2.82. The minimum absolute atomic E-state index is 0.592. The van der Waals surface area contributed by atoms with Crippen molar-refractivity contribution in [3.05, 3.63) is 18.2 Å². The lowest BCUT2D eigenvalue weighted by atomic mass is 9.97. The number of fused-ring (bicyclic) bond motifs is 2. The van der Waals surface area contributed by atoms with E-state index >= 15 is 0 Å². The third-order valence-corrected chi connectivity index (χ3v) is 4.94. The van der Waals surface area contributed by atoms with Gasteiger partial charge >= 0.3 is 0 Å². The molecule has 0 spiro atoms. The number of nitrogens with zero attached hydrogens (tertiary/aromatic N) is 1. The SMILES string of the molecule is c1cc2c(cc1NC1CCN3CCCC3C1)OCCCO2. The highest BCUT2D eigenvalue weighted by Gasteiger charge is 2.31. The Bertz CT molecular complexity index is 506. The highest BCUT2D eigenvalue weighted by Crippen LogP contribution is 2.34. The molecule has 0 bridgehead atoms. The molecule has 0 radical (unpaired) electrons. The van der Waals surface area contributed by atoms with E-state index in [9.17, 15) is 0 Å². The van der Waals surface area contributed by atoms with Gasteiger partial charge in [-0.1, -0.05) is 0 Å². The maximum absolute atomic E-state index is 5.77. The van der Waals surface area contributed by atoms with Gasteiger partial charge in [0.25, 0.3) is 0 Å². The second-order valence-electron chi connectivity index (χ2n) is 6.41. The fourth-order valence-electron chi connectivity index (χ4n) is 3.84. The van der Waals surface area contributed by atoms with Gasteiger partial charge in [-0.05, 0) is 44.4 Å². The molecule has 3 aliphatic heterocycles. The van der Waals surface area contributed by atoms with Crippen LogP contribution in [0, 0.1) is 0 Å². The average molecular weight is 288 g/mol. The minimum atomic E-state index is 0.592. The van der Waals surface area contributed by atoms with Gasteiger partial charge in [0.05, 0.1) is 13.2 Å². The molecule has 2 unspecified atom stereocenters. The van der Waals surface area contributed by atoms with Crippen LogP contribution in [0.3, 0.4) is 0 Å². The van der Waals surface area contributed by atoms with Crippen LogP contribution in [0.25, 0.3) is 0 Å². The summed E-state index contributed by atoms with van der Waals surface area (Å²) in [4.78, 5) is 2.66. The number of hydrogen-bond donors (Lipinski definition) is 1. The summed E-state index contributed by atoms with van der Waals surface area (Å²) in [5, 5.41) is 3.70. The second kappa shape index (κ2) is 5.76. The number of anilines is 1. The molecule has 4 heteroatoms. The highest BCUT2D eigenvalue weighted by molar-refractivity contribution is 5.55. The first-order valence-electron chi connectivity index (χ1n) is 8.29. The Morgan fingerprint density at radius 2 is 1.90 bits per heavy atom. The van der Waals surface area contributed by atoms with Crippen molar-refractivity contribution in [3.63, 3.8) is 0 Å². The van der Waals surface area contributed by atoms with Crippen LogP contribution in [0.4, 0.5) is 5.69 Å². The topological polar surface area (TPSA) is 33.7 Å². The molecule has 3 heterocycles. The molecule has 4 rings (SSSR count). The van der Waals surface area contributed by atoms with Crippen LogP contribution in [0.2, 0.25) is 0 Å². The molecule has 4 nitrogen and oxygen atoms in total. The van der Waals surface area contributed by atoms with Gasteiger partial charge in [-0.25, -0.2) is 0 Å². The van der Waals surface area contributed by atoms with E-state index in [-0.39, 0.29) is 0 Å². The summed E-state index contributed by atoms with van der Waals surface area (Å²) < 4.78 is 11.5. The van der Waals surface area contributed by atoms with Crippen LogP contribution in [0.1, 0.15) is 32.1 Å². The van der Waals surface area contributed by atoms with Crippen LogP contribution < -0.4 is 14.8 Å². The fourth-order valence-corrected chi connectivity index (χ4v) is 3.84. The zero-order valence-corrected chi connectivity index (χ0v) is 12.5. The molecule has 1 aromatic carbocycles. The van der Waals surface area contributed by atoms with E-state index in [1.165, 1.54) is 38.8 Å². The molecule has 2 fully saturated rings. The lowest BCUT2D eigenvalue weighted by Gasteiger charge is -2.35. The molecule has 2 saturated heterocycles. The van der Waals surface area contributed by atoms with Gasteiger partial charge in [0.1, 0.15) is 0 Å². The molecule has 0 aromatic heterocycles. The van der Waals surface area contributed by atoms with E-state index in [2.05, 4.69) is 22.3 Å². The van der Waals surface area contributed by atoms with Gasteiger partial charge in [0, 0.05) is 36.8 Å². The zero-order chi connectivity index (χ0) is 14.1. The summed E-state index contributed by atoms with van der Waals surface area (Å²) >= 11 is 0. The van der Waals surface area contributed by atoms with Gasteiger partial charge in [0.15, 0.2) is 11.5 Å². The number of rotatable bonds is 2. The first-order valence-corrected chi connectivity index (χ1v) is 8.29. The number of nitrogens with one attached hydrogen (secondary N) is 1. The van der Waals surface area contributed by atoms with E-state index in [1.807, 2.05) is 6.07 Å². The predicted molar refractivity (Wildman–Crippen MR) is 83.3 cm³/mol. The number of piperidine rings is 1. The van der Waals surface area contributed by atoms with Crippen molar-refractivity contribution in [2.24, 2.45) is 0 Å². The van der Waals surface area contributed by atoms with E-state index in [0.29, 0.717) is 6.04 Å². The predicted octanol–water partition coefficient (Wildman–Crippen LogP) is 2.89. The molecule has 2 atom stereocenters. The van der Waals surface area contributed by atoms with Gasteiger partial charge in [-0.2, -0.15) is 0 Å². The maximum atomic E-state index is 5.77. The molecule has 0 saturated carbocycles. The van der Waals surface area contributed by atoms with Gasteiger partial charge in [0.2, 0.25) is 0 Å². The summed E-state index contributed by atoms with van der Waals surface area (Å²) in [6.45, 7) is 4.05. The summed E-state index contributed by atoms with van der Waals surface area (Å²) in [6, 6.07) is 7.65. The van der Waals surface area contributed by atoms with Crippen LogP contribution in [0.15, 0.2) is 18.2 Å². The van der Waals surface area contributed by atoms with Gasteiger partial charge in [-0.15, -0.1) is 0 Å². The smallest absolute Gasteiger partial charge is 0.163 e. The van der Waals surface area contributed by atoms with Crippen LogP contribution >= 0.6 is 0 Å². The first kappa shape index (κ1) is 13.3. The average Bonchev–Trinajstić information content (AvgIpc) is 2.84. The fraction of sp³-hybridized carbons (Fsp3) is 0.647.